The number of halogens is 3. The molecule has 5 nitrogen and oxygen atoms in total. The van der Waals surface area contributed by atoms with E-state index in [9.17, 15) is 13.2 Å². The molecule has 0 radical (unpaired) electrons. The van der Waals surface area contributed by atoms with Gasteiger partial charge in [0.05, 0.1) is 6.54 Å². The third-order valence-corrected chi connectivity index (χ3v) is 4.41. The highest BCUT2D eigenvalue weighted by Gasteiger charge is 2.39. The van der Waals surface area contributed by atoms with Gasteiger partial charge in [-0.15, -0.1) is 10.2 Å². The summed E-state index contributed by atoms with van der Waals surface area (Å²) < 4.78 is 39.8. The lowest BCUT2D eigenvalue weighted by atomic mass is 10.1. The van der Waals surface area contributed by atoms with E-state index in [1.165, 1.54) is 21.4 Å². The average molecular weight is 323 g/mol. The zero-order valence-corrected chi connectivity index (χ0v) is 12.4. The van der Waals surface area contributed by atoms with Crippen molar-refractivity contribution in [2.75, 3.05) is 18.4 Å². The third kappa shape index (κ3) is 2.56. The second kappa shape index (κ2) is 5.23. The number of hydrogen-bond acceptors (Lipinski definition) is 4. The molecule has 0 aliphatic carbocycles. The van der Waals surface area contributed by atoms with Crippen LogP contribution in [0.25, 0.3) is 0 Å². The Hall–Kier alpha value is -2.09. The van der Waals surface area contributed by atoms with Gasteiger partial charge in [-0.05, 0) is 17.5 Å². The number of para-hydroxylation sites is 1. The zero-order valence-electron chi connectivity index (χ0n) is 12.4. The molecule has 1 N–H and O–H groups in total. The van der Waals surface area contributed by atoms with Crippen LogP contribution in [0.3, 0.4) is 0 Å². The number of hydrogen-bond donors (Lipinski definition) is 1. The van der Waals surface area contributed by atoms with E-state index in [0.717, 1.165) is 13.0 Å². The number of nitrogens with zero attached hydrogens (tertiary/aromatic N) is 4. The first-order chi connectivity index (χ1) is 11.0. The maximum Gasteiger partial charge on any atom is 0.451 e. The third-order valence-electron chi connectivity index (χ3n) is 4.41. The largest absolute Gasteiger partial charge is 0.451 e. The van der Waals surface area contributed by atoms with Crippen molar-refractivity contribution in [1.82, 2.24) is 19.7 Å². The topological polar surface area (TPSA) is 46.0 Å². The van der Waals surface area contributed by atoms with E-state index >= 15 is 0 Å². The molecule has 0 unspecified atom stereocenters. The Morgan fingerprint density at radius 3 is 2.87 bits per heavy atom. The summed E-state index contributed by atoms with van der Waals surface area (Å²) in [7, 11) is 0. The number of rotatable bonds is 2. The maximum atomic E-state index is 12.9. The number of alkyl halides is 3. The Bertz CT molecular complexity index is 737. The molecule has 2 aliphatic heterocycles. The Balaban J connectivity index is 1.54. The van der Waals surface area contributed by atoms with E-state index in [1.54, 1.807) is 0 Å². The molecular formula is C15H16F3N5. The van der Waals surface area contributed by atoms with Crippen molar-refractivity contribution in [1.29, 1.82) is 0 Å². The molecule has 1 aromatic carbocycles. The smallest absolute Gasteiger partial charge is 0.384 e. The Kier molecular flexibility index (Phi) is 3.29. The van der Waals surface area contributed by atoms with E-state index in [2.05, 4.69) is 32.5 Å². The summed E-state index contributed by atoms with van der Waals surface area (Å²) in [6, 6.07) is 6.22. The minimum Gasteiger partial charge on any atom is -0.384 e. The van der Waals surface area contributed by atoms with Crippen LogP contribution >= 0.6 is 0 Å². The standard InChI is InChI=1S/C15H16F3N5/c16-15(17,18)14-21-20-12-9-22(6-7-23(12)14)8-11-3-1-2-10-4-5-19-13(10)11/h1-3,19H,4-9H2. The van der Waals surface area contributed by atoms with Gasteiger partial charge in [-0.1, -0.05) is 18.2 Å². The molecular weight excluding hydrogens is 307 g/mol. The van der Waals surface area contributed by atoms with Gasteiger partial charge in [-0.3, -0.25) is 4.90 Å². The fourth-order valence-corrected chi connectivity index (χ4v) is 3.34. The highest BCUT2D eigenvalue weighted by Crippen LogP contribution is 2.31. The SMILES string of the molecule is FC(F)(F)c1nnc2n1CCN(Cc1cccc3c1NCC3)C2. The number of benzene rings is 1. The fourth-order valence-electron chi connectivity index (χ4n) is 3.34. The van der Waals surface area contributed by atoms with E-state index < -0.39 is 12.0 Å². The second-order valence-corrected chi connectivity index (χ2v) is 5.93. The Labute approximate surface area is 131 Å². The maximum absolute atomic E-state index is 12.9. The number of fused-ring (bicyclic) bond motifs is 2. The van der Waals surface area contributed by atoms with Crippen LogP contribution in [0.2, 0.25) is 0 Å². The van der Waals surface area contributed by atoms with Crippen LogP contribution in [0.1, 0.15) is 22.8 Å². The summed E-state index contributed by atoms with van der Waals surface area (Å²) in [4.78, 5) is 2.11. The van der Waals surface area contributed by atoms with Crippen molar-refractivity contribution in [2.24, 2.45) is 0 Å². The minimum atomic E-state index is -4.45. The Morgan fingerprint density at radius 1 is 1.17 bits per heavy atom. The van der Waals surface area contributed by atoms with E-state index in [-0.39, 0.29) is 6.54 Å². The van der Waals surface area contributed by atoms with Crippen LogP contribution in [0.5, 0.6) is 0 Å². The lowest BCUT2D eigenvalue weighted by Gasteiger charge is -2.28. The van der Waals surface area contributed by atoms with Crippen LogP contribution in [0, 0.1) is 0 Å². The molecule has 0 spiro atoms. The normalized spacial score (nSPS) is 17.7. The lowest BCUT2D eigenvalue weighted by Crippen LogP contribution is -2.35. The van der Waals surface area contributed by atoms with Crippen molar-refractivity contribution >= 4 is 5.69 Å². The van der Waals surface area contributed by atoms with Gasteiger partial charge in [0.25, 0.3) is 0 Å². The van der Waals surface area contributed by atoms with E-state index in [0.29, 0.717) is 25.5 Å². The summed E-state index contributed by atoms with van der Waals surface area (Å²) in [6.45, 7) is 2.84. The van der Waals surface area contributed by atoms with Crippen LogP contribution < -0.4 is 5.32 Å². The van der Waals surface area contributed by atoms with Gasteiger partial charge in [-0.25, -0.2) is 0 Å². The van der Waals surface area contributed by atoms with Gasteiger partial charge in [0, 0.05) is 31.9 Å². The molecule has 2 aliphatic rings. The van der Waals surface area contributed by atoms with Crippen molar-refractivity contribution in [3.63, 3.8) is 0 Å². The highest BCUT2D eigenvalue weighted by atomic mass is 19.4. The van der Waals surface area contributed by atoms with E-state index in [1.807, 2.05) is 6.07 Å². The van der Waals surface area contributed by atoms with Gasteiger partial charge < -0.3 is 9.88 Å². The molecule has 3 heterocycles. The molecule has 0 saturated heterocycles. The number of aromatic nitrogens is 3. The van der Waals surface area contributed by atoms with Gasteiger partial charge in [0.1, 0.15) is 5.82 Å². The molecule has 1 aromatic heterocycles. The quantitative estimate of drug-likeness (QED) is 0.921. The van der Waals surface area contributed by atoms with Crippen molar-refractivity contribution in [2.45, 2.75) is 32.2 Å². The fraction of sp³-hybridized carbons (Fsp3) is 0.467. The monoisotopic (exact) mass is 323 g/mol. The molecule has 0 fully saturated rings. The van der Waals surface area contributed by atoms with Gasteiger partial charge in [0.15, 0.2) is 0 Å². The molecule has 0 saturated carbocycles. The summed E-state index contributed by atoms with van der Waals surface area (Å²) in [5.74, 6) is -0.515. The highest BCUT2D eigenvalue weighted by molar-refractivity contribution is 5.61. The zero-order chi connectivity index (χ0) is 16.0. The molecule has 23 heavy (non-hydrogen) atoms. The first kappa shape index (κ1) is 14.5. The number of anilines is 1. The molecule has 4 rings (SSSR count). The van der Waals surface area contributed by atoms with Crippen molar-refractivity contribution in [3.8, 4) is 0 Å². The summed E-state index contributed by atoms with van der Waals surface area (Å²) >= 11 is 0. The Morgan fingerprint density at radius 2 is 2.04 bits per heavy atom. The predicted octanol–water partition coefficient (Wildman–Crippen LogP) is 2.28. The molecule has 0 amide bonds. The predicted molar refractivity (Wildman–Crippen MR) is 77.8 cm³/mol. The summed E-state index contributed by atoms with van der Waals surface area (Å²) in [5, 5.41) is 10.4. The lowest BCUT2D eigenvalue weighted by molar-refractivity contribution is -0.148. The van der Waals surface area contributed by atoms with Crippen molar-refractivity contribution < 1.29 is 13.2 Å². The van der Waals surface area contributed by atoms with Crippen LogP contribution in [0.15, 0.2) is 18.2 Å². The molecule has 8 heteroatoms. The van der Waals surface area contributed by atoms with Crippen LogP contribution in [-0.4, -0.2) is 32.8 Å². The van der Waals surface area contributed by atoms with E-state index in [4.69, 9.17) is 0 Å². The van der Waals surface area contributed by atoms with Gasteiger partial charge >= 0.3 is 6.18 Å². The van der Waals surface area contributed by atoms with Gasteiger partial charge in [0.2, 0.25) is 5.82 Å². The second-order valence-electron chi connectivity index (χ2n) is 5.93. The molecule has 122 valence electrons. The average Bonchev–Trinajstić information content (AvgIpc) is 3.12. The molecule has 2 aromatic rings. The minimum absolute atomic E-state index is 0.264. The number of nitrogens with one attached hydrogen (secondary N) is 1. The summed E-state index contributed by atoms with van der Waals surface area (Å²) in [5.41, 5.74) is 3.67. The van der Waals surface area contributed by atoms with Crippen molar-refractivity contribution in [3.05, 3.63) is 41.0 Å². The first-order valence-electron chi connectivity index (χ1n) is 7.58. The van der Waals surface area contributed by atoms with Gasteiger partial charge in [-0.2, -0.15) is 13.2 Å². The molecule has 0 atom stereocenters. The van der Waals surface area contributed by atoms with Crippen LogP contribution in [-0.2, 0) is 32.2 Å². The van der Waals surface area contributed by atoms with Crippen LogP contribution in [0.4, 0.5) is 18.9 Å². The molecule has 0 bridgehead atoms. The first-order valence-corrected chi connectivity index (χ1v) is 7.58. The summed E-state index contributed by atoms with van der Waals surface area (Å²) in [6.07, 6.45) is -3.43.